The quantitative estimate of drug-likeness (QED) is 0.335. The highest BCUT2D eigenvalue weighted by molar-refractivity contribution is 6.15. The van der Waals surface area contributed by atoms with Gasteiger partial charge in [0.15, 0.2) is 23.0 Å². The Bertz CT molecular complexity index is 1280. The normalized spacial score (nSPS) is 15.4. The molecule has 3 heterocycles. The van der Waals surface area contributed by atoms with Crippen LogP contribution in [0.5, 0.6) is 11.5 Å². The SMILES string of the molecule is C=CCOc1ccc(C2C(C(=O)c3ccc(C)o3)=C(O)C(=O)N2Cc2ccncc2)cc1OCC. The van der Waals surface area contributed by atoms with E-state index < -0.39 is 23.5 Å². The average Bonchev–Trinajstić information content (AvgIpc) is 3.40. The summed E-state index contributed by atoms with van der Waals surface area (Å²) in [5, 5.41) is 10.9. The van der Waals surface area contributed by atoms with Gasteiger partial charge in [0.2, 0.25) is 5.78 Å². The number of benzene rings is 1. The number of aryl methyl sites for hydroxylation is 1. The summed E-state index contributed by atoms with van der Waals surface area (Å²) in [7, 11) is 0. The maximum atomic E-state index is 13.4. The predicted octanol–water partition coefficient (Wildman–Crippen LogP) is 4.73. The van der Waals surface area contributed by atoms with Gasteiger partial charge in [-0.05, 0) is 61.4 Å². The summed E-state index contributed by atoms with van der Waals surface area (Å²) in [6, 6.07) is 11.0. The number of rotatable bonds is 10. The standard InChI is InChI=1S/C27H26N2O6/c1-4-14-34-20-9-7-19(15-22(20)33-5-2)24-23(25(30)21-8-6-17(3)35-21)26(31)27(32)29(24)16-18-10-12-28-13-11-18/h4,6-13,15,24,31H,1,5,14,16H2,2-3H3. The molecule has 0 saturated heterocycles. The third kappa shape index (κ3) is 4.82. The van der Waals surface area contributed by atoms with Crippen LogP contribution in [-0.2, 0) is 11.3 Å². The van der Waals surface area contributed by atoms with Crippen LogP contribution in [0.1, 0.15) is 40.4 Å². The van der Waals surface area contributed by atoms with E-state index in [0.717, 1.165) is 5.56 Å². The predicted molar refractivity (Wildman–Crippen MR) is 128 cm³/mol. The molecular weight excluding hydrogens is 448 g/mol. The highest BCUT2D eigenvalue weighted by atomic mass is 16.5. The van der Waals surface area contributed by atoms with E-state index in [1.54, 1.807) is 61.8 Å². The van der Waals surface area contributed by atoms with E-state index >= 15 is 0 Å². The third-order valence-corrected chi connectivity index (χ3v) is 5.55. The minimum absolute atomic E-state index is 0.0450. The number of ketones is 1. The summed E-state index contributed by atoms with van der Waals surface area (Å²) in [6.07, 6.45) is 4.86. The average molecular weight is 475 g/mol. The molecule has 2 aromatic heterocycles. The first-order chi connectivity index (χ1) is 16.9. The fourth-order valence-electron chi connectivity index (χ4n) is 4.00. The van der Waals surface area contributed by atoms with Gasteiger partial charge in [-0.1, -0.05) is 18.7 Å². The first kappa shape index (κ1) is 23.8. The summed E-state index contributed by atoms with van der Waals surface area (Å²) >= 11 is 0. The summed E-state index contributed by atoms with van der Waals surface area (Å²) in [5.41, 5.74) is 1.32. The zero-order valence-electron chi connectivity index (χ0n) is 19.6. The maximum Gasteiger partial charge on any atom is 0.290 e. The van der Waals surface area contributed by atoms with Crippen molar-refractivity contribution < 1.29 is 28.6 Å². The second-order valence-corrected chi connectivity index (χ2v) is 7.93. The smallest absolute Gasteiger partial charge is 0.290 e. The van der Waals surface area contributed by atoms with E-state index in [1.165, 1.54) is 11.0 Å². The number of aliphatic hydroxyl groups is 1. The fourth-order valence-corrected chi connectivity index (χ4v) is 4.00. The second kappa shape index (κ2) is 10.3. The van der Waals surface area contributed by atoms with Gasteiger partial charge in [-0.15, -0.1) is 0 Å². The highest BCUT2D eigenvalue weighted by Crippen LogP contribution is 2.42. The first-order valence-corrected chi connectivity index (χ1v) is 11.2. The number of ether oxygens (including phenoxy) is 2. The number of pyridine rings is 1. The number of hydrogen-bond acceptors (Lipinski definition) is 7. The number of carbonyl (C=O) groups excluding carboxylic acids is 2. The van der Waals surface area contributed by atoms with Gasteiger partial charge in [-0.25, -0.2) is 0 Å². The lowest BCUT2D eigenvalue weighted by Crippen LogP contribution is -2.30. The van der Waals surface area contributed by atoms with Crippen LogP contribution in [0.25, 0.3) is 0 Å². The molecule has 1 atom stereocenters. The molecule has 8 heteroatoms. The Balaban J connectivity index is 1.81. The Hall–Kier alpha value is -4.33. The van der Waals surface area contributed by atoms with Gasteiger partial charge in [0.1, 0.15) is 12.4 Å². The number of nitrogens with zero attached hydrogens (tertiary/aromatic N) is 2. The lowest BCUT2D eigenvalue weighted by atomic mass is 9.94. The highest BCUT2D eigenvalue weighted by Gasteiger charge is 2.44. The van der Waals surface area contributed by atoms with Crippen molar-refractivity contribution >= 4 is 11.7 Å². The molecule has 0 radical (unpaired) electrons. The van der Waals surface area contributed by atoms with Crippen molar-refractivity contribution in [3.63, 3.8) is 0 Å². The minimum atomic E-state index is -0.874. The van der Waals surface area contributed by atoms with Gasteiger partial charge in [0.05, 0.1) is 18.2 Å². The fraction of sp³-hybridized carbons (Fsp3) is 0.222. The Morgan fingerprint density at radius 1 is 1.17 bits per heavy atom. The van der Waals surface area contributed by atoms with E-state index in [4.69, 9.17) is 13.9 Å². The van der Waals surface area contributed by atoms with E-state index in [-0.39, 0.29) is 24.5 Å². The van der Waals surface area contributed by atoms with Gasteiger partial charge >= 0.3 is 0 Å². The largest absolute Gasteiger partial charge is 0.503 e. The van der Waals surface area contributed by atoms with E-state index in [1.807, 2.05) is 6.92 Å². The molecule has 1 aliphatic heterocycles. The molecule has 0 spiro atoms. The van der Waals surface area contributed by atoms with Gasteiger partial charge < -0.3 is 23.9 Å². The minimum Gasteiger partial charge on any atom is -0.503 e. The number of Topliss-reactive ketones (excluding diaryl/α,β-unsaturated/α-hetero) is 1. The second-order valence-electron chi connectivity index (χ2n) is 7.93. The molecule has 8 nitrogen and oxygen atoms in total. The van der Waals surface area contributed by atoms with Crippen LogP contribution in [0.2, 0.25) is 0 Å². The zero-order valence-corrected chi connectivity index (χ0v) is 19.6. The molecule has 0 fully saturated rings. The molecule has 1 aliphatic rings. The number of aliphatic hydroxyl groups excluding tert-OH is 1. The van der Waals surface area contributed by atoms with Crippen molar-refractivity contribution in [2.24, 2.45) is 0 Å². The number of aromatic nitrogens is 1. The molecule has 1 unspecified atom stereocenters. The van der Waals surface area contributed by atoms with Gasteiger partial charge in [-0.2, -0.15) is 0 Å². The number of hydrogen-bond donors (Lipinski definition) is 1. The van der Waals surface area contributed by atoms with Crippen molar-refractivity contribution in [2.75, 3.05) is 13.2 Å². The van der Waals surface area contributed by atoms with Crippen molar-refractivity contribution in [3.05, 3.63) is 101 Å². The molecule has 0 bridgehead atoms. The van der Waals surface area contributed by atoms with Gasteiger partial charge in [0, 0.05) is 18.9 Å². The zero-order chi connectivity index (χ0) is 24.9. The Kier molecular flexibility index (Phi) is 7.01. The van der Waals surface area contributed by atoms with Crippen LogP contribution in [0.4, 0.5) is 0 Å². The summed E-state index contributed by atoms with van der Waals surface area (Å²) in [6.45, 7) is 8.06. The monoisotopic (exact) mass is 474 g/mol. The Labute approximate surface area is 203 Å². The van der Waals surface area contributed by atoms with Crippen LogP contribution in [0, 0.1) is 6.92 Å². The molecule has 4 rings (SSSR count). The molecule has 0 aliphatic carbocycles. The summed E-state index contributed by atoms with van der Waals surface area (Å²) < 4.78 is 17.0. The van der Waals surface area contributed by atoms with Crippen molar-refractivity contribution in [1.82, 2.24) is 9.88 Å². The topological polar surface area (TPSA) is 102 Å². The summed E-state index contributed by atoms with van der Waals surface area (Å²) in [5.74, 6) is -0.264. The lowest BCUT2D eigenvalue weighted by Gasteiger charge is -2.27. The van der Waals surface area contributed by atoms with Crippen LogP contribution >= 0.6 is 0 Å². The molecule has 1 aromatic carbocycles. The summed E-state index contributed by atoms with van der Waals surface area (Å²) in [4.78, 5) is 32.1. The number of furan rings is 1. The lowest BCUT2D eigenvalue weighted by molar-refractivity contribution is -0.130. The van der Waals surface area contributed by atoms with Gasteiger partial charge in [0.25, 0.3) is 5.91 Å². The van der Waals surface area contributed by atoms with E-state index in [0.29, 0.717) is 29.4 Å². The van der Waals surface area contributed by atoms with Gasteiger partial charge in [-0.3, -0.25) is 14.6 Å². The van der Waals surface area contributed by atoms with Crippen LogP contribution in [0.15, 0.2) is 83.3 Å². The van der Waals surface area contributed by atoms with E-state index in [2.05, 4.69) is 11.6 Å². The Morgan fingerprint density at radius 3 is 2.60 bits per heavy atom. The molecule has 1 N–H and O–H groups in total. The Morgan fingerprint density at radius 2 is 1.94 bits per heavy atom. The molecule has 1 amide bonds. The molecule has 35 heavy (non-hydrogen) atoms. The van der Waals surface area contributed by atoms with Crippen LogP contribution < -0.4 is 9.47 Å². The molecular formula is C27H26N2O6. The van der Waals surface area contributed by atoms with Crippen molar-refractivity contribution in [2.45, 2.75) is 26.4 Å². The van der Waals surface area contributed by atoms with Crippen LogP contribution in [0.3, 0.4) is 0 Å². The van der Waals surface area contributed by atoms with E-state index in [9.17, 15) is 14.7 Å². The van der Waals surface area contributed by atoms with Crippen LogP contribution in [-0.4, -0.2) is 39.9 Å². The molecule has 180 valence electrons. The van der Waals surface area contributed by atoms with Crippen molar-refractivity contribution in [3.8, 4) is 11.5 Å². The molecule has 0 saturated carbocycles. The third-order valence-electron chi connectivity index (χ3n) is 5.55. The molecule has 3 aromatic rings. The number of amides is 1. The first-order valence-electron chi connectivity index (χ1n) is 11.2. The maximum absolute atomic E-state index is 13.4. The van der Waals surface area contributed by atoms with Crippen molar-refractivity contribution in [1.29, 1.82) is 0 Å². The number of carbonyl (C=O) groups is 2.